The number of amides is 8. The quantitative estimate of drug-likeness (QED) is 0.0522. The molecule has 1 fully saturated rings. The number of carbonyl (C=O) groups is 9. The molecule has 1 saturated heterocycles. The van der Waals surface area contributed by atoms with Crippen LogP contribution in [0.1, 0.15) is 107 Å². The van der Waals surface area contributed by atoms with E-state index in [1.807, 2.05) is 34.0 Å². The Bertz CT molecular complexity index is 1970. The van der Waals surface area contributed by atoms with Crippen molar-refractivity contribution < 1.29 is 58.5 Å². The fraction of sp³-hybridized carbons (Fsp3) is 0.694. The molecule has 1 aliphatic rings. The molecule has 1 aromatic carbocycles. The number of aromatic hydroxyl groups is 1. The number of benzene rings is 1. The number of nitrogens with zero attached hydrogens (tertiary/aromatic N) is 1. The van der Waals surface area contributed by atoms with E-state index in [1.165, 1.54) is 28.8 Å². The number of hydrogen-bond donors (Lipinski definition) is 11. The molecule has 1 aromatic rings. The van der Waals surface area contributed by atoms with Crippen molar-refractivity contribution in [1.29, 1.82) is 0 Å². The van der Waals surface area contributed by atoms with E-state index in [2.05, 4.69) is 37.2 Å². The first kappa shape index (κ1) is 61.6. The lowest BCUT2D eigenvalue weighted by molar-refractivity contribution is -0.144. The normalized spacial score (nSPS) is 17.1. The van der Waals surface area contributed by atoms with Crippen LogP contribution < -0.4 is 43.0 Å². The number of carboxylic acids is 1. The zero-order chi connectivity index (χ0) is 53.9. The van der Waals surface area contributed by atoms with Crippen LogP contribution in [0.3, 0.4) is 0 Å². The number of nitrogens with two attached hydrogens (primary N) is 1. The van der Waals surface area contributed by atoms with E-state index in [9.17, 15) is 58.5 Å². The average Bonchev–Trinajstić information content (AvgIpc) is 3.79. The van der Waals surface area contributed by atoms with Crippen molar-refractivity contribution in [2.75, 3.05) is 25.2 Å². The van der Waals surface area contributed by atoms with Crippen molar-refractivity contribution >= 4 is 65.0 Å². The maximum absolute atomic E-state index is 14.4. The SMILES string of the molecule is CSCC[C@H](NC(=O)[C@@H]1CCCN1C(=O)[C@H](CC(C)C)NC(=O)[C@H](CC(C)C)NC(=O)[C@@H](N)Cc1ccc(O)cc1)C(=O)N[C@H](C(=O)N[C@H](C(=O)N[C@@H](CO)C(=O)N[C@H](C(=O)O)C(C)C)C(C)C)C(C)C. The summed E-state index contributed by atoms with van der Waals surface area (Å²) in [5, 5.41) is 47.6. The fourth-order valence-corrected chi connectivity index (χ4v) is 8.46. The summed E-state index contributed by atoms with van der Waals surface area (Å²) in [6, 6.07) is -4.29. The van der Waals surface area contributed by atoms with E-state index in [0.717, 1.165) is 0 Å². The van der Waals surface area contributed by atoms with E-state index in [-0.39, 0.29) is 56.2 Å². The molecular formula is C49H81N9O12S. The molecule has 22 heteroatoms. The highest BCUT2D eigenvalue weighted by atomic mass is 32.2. The smallest absolute Gasteiger partial charge is 0.326 e. The Balaban J connectivity index is 2.26. The van der Waals surface area contributed by atoms with E-state index in [0.29, 0.717) is 17.7 Å². The van der Waals surface area contributed by atoms with Crippen LogP contribution in [0, 0.1) is 29.6 Å². The Morgan fingerprint density at radius 3 is 1.61 bits per heavy atom. The van der Waals surface area contributed by atoms with Crippen LogP contribution in [0.4, 0.5) is 0 Å². The first-order chi connectivity index (χ1) is 33.2. The van der Waals surface area contributed by atoms with Gasteiger partial charge in [0.2, 0.25) is 47.3 Å². The number of aliphatic carboxylic acids is 1. The highest BCUT2D eigenvalue weighted by molar-refractivity contribution is 7.98. The van der Waals surface area contributed by atoms with Gasteiger partial charge < -0.3 is 63.2 Å². The van der Waals surface area contributed by atoms with Crippen molar-refractivity contribution in [1.82, 2.24) is 42.1 Å². The summed E-state index contributed by atoms with van der Waals surface area (Å²) in [6.07, 6.45) is 3.32. The van der Waals surface area contributed by atoms with Gasteiger partial charge in [-0.15, -0.1) is 0 Å². The fourth-order valence-electron chi connectivity index (χ4n) is 7.99. The third-order valence-electron chi connectivity index (χ3n) is 12.0. The second-order valence-corrected chi connectivity index (χ2v) is 21.1. The van der Waals surface area contributed by atoms with Gasteiger partial charge in [0, 0.05) is 6.54 Å². The molecule has 0 unspecified atom stereocenters. The Labute approximate surface area is 422 Å². The summed E-state index contributed by atoms with van der Waals surface area (Å²) in [6.45, 7) is 16.7. The summed E-state index contributed by atoms with van der Waals surface area (Å²) in [5.41, 5.74) is 6.94. The molecule has 8 amide bonds. The van der Waals surface area contributed by atoms with Gasteiger partial charge in [-0.25, -0.2) is 4.79 Å². The van der Waals surface area contributed by atoms with Gasteiger partial charge in [-0.1, -0.05) is 81.4 Å². The second kappa shape index (κ2) is 29.8. The number of phenols is 1. The predicted octanol–water partition coefficient (Wildman–Crippen LogP) is 0.537. The summed E-state index contributed by atoms with van der Waals surface area (Å²) < 4.78 is 0. The average molecular weight is 1020 g/mol. The Morgan fingerprint density at radius 2 is 1.10 bits per heavy atom. The molecule has 1 aliphatic heterocycles. The predicted molar refractivity (Wildman–Crippen MR) is 269 cm³/mol. The number of carboxylic acid groups (broad SMARTS) is 1. The number of phenolic OH excluding ortho intramolecular Hbond substituents is 1. The van der Waals surface area contributed by atoms with E-state index >= 15 is 0 Å². The Hall–Kier alpha value is -5.48. The summed E-state index contributed by atoms with van der Waals surface area (Å²) in [7, 11) is 0. The van der Waals surface area contributed by atoms with Gasteiger partial charge in [-0.05, 0) is 97.8 Å². The van der Waals surface area contributed by atoms with Gasteiger partial charge in [-0.3, -0.25) is 38.4 Å². The molecule has 71 heavy (non-hydrogen) atoms. The molecule has 0 radical (unpaired) electrons. The second-order valence-electron chi connectivity index (χ2n) is 20.2. The summed E-state index contributed by atoms with van der Waals surface area (Å²) in [4.78, 5) is 123. The van der Waals surface area contributed by atoms with Crippen molar-refractivity contribution in [3.8, 4) is 5.75 Å². The first-order valence-corrected chi connectivity index (χ1v) is 25.9. The molecule has 21 nitrogen and oxygen atoms in total. The van der Waals surface area contributed by atoms with Crippen LogP contribution in [0.25, 0.3) is 0 Å². The van der Waals surface area contributed by atoms with Crippen LogP contribution >= 0.6 is 11.8 Å². The summed E-state index contributed by atoms with van der Waals surface area (Å²) in [5.74, 6) is -7.96. The molecule has 0 aromatic heterocycles. The van der Waals surface area contributed by atoms with Crippen LogP contribution in [-0.4, -0.2) is 153 Å². The zero-order valence-electron chi connectivity index (χ0n) is 43.2. The number of rotatable bonds is 29. The van der Waals surface area contributed by atoms with Crippen molar-refractivity contribution in [2.24, 2.45) is 35.3 Å². The molecule has 2 rings (SSSR count). The third kappa shape index (κ3) is 19.9. The van der Waals surface area contributed by atoms with Gasteiger partial charge >= 0.3 is 5.97 Å². The van der Waals surface area contributed by atoms with Crippen LogP contribution in [0.15, 0.2) is 24.3 Å². The number of aliphatic hydroxyl groups is 1. The number of hydrogen-bond acceptors (Lipinski definition) is 13. The number of aliphatic hydroxyl groups excluding tert-OH is 1. The topological polar surface area (TPSA) is 328 Å². The molecule has 400 valence electrons. The highest BCUT2D eigenvalue weighted by Gasteiger charge is 2.41. The van der Waals surface area contributed by atoms with Crippen LogP contribution in [0.2, 0.25) is 0 Å². The highest BCUT2D eigenvalue weighted by Crippen LogP contribution is 2.22. The standard InChI is InChI=1S/C49H81N9O12S/c1-25(2)21-34(52-41(61)32(50)23-30-14-16-31(60)17-15-30)43(63)53-35(22-26(3)4)48(68)58-19-12-13-37(58)45(65)51-33(18-20-71-11)42(62)55-39(28(7)8)47(67)56-38(27(5)6)46(66)54-36(24-59)44(64)57-40(29(9)10)49(69)70/h14-17,25-29,32-40,59-60H,12-13,18-24,50H2,1-11H3,(H,51,65)(H,52,61)(H,53,63)(H,54,66)(H,55,62)(H,56,67)(H,57,64)(H,69,70)/t32-,33-,34-,35-,36-,37-,38-,39-,40-/m0/s1. The molecule has 12 N–H and O–H groups in total. The maximum Gasteiger partial charge on any atom is 0.326 e. The molecule has 0 aliphatic carbocycles. The van der Waals surface area contributed by atoms with Crippen LogP contribution in [0.5, 0.6) is 5.75 Å². The lowest BCUT2D eigenvalue weighted by atomic mass is 9.98. The van der Waals surface area contributed by atoms with Crippen molar-refractivity contribution in [3.05, 3.63) is 29.8 Å². The lowest BCUT2D eigenvalue weighted by Gasteiger charge is -2.32. The van der Waals surface area contributed by atoms with Crippen molar-refractivity contribution in [2.45, 2.75) is 162 Å². The van der Waals surface area contributed by atoms with E-state index in [4.69, 9.17) is 5.73 Å². The van der Waals surface area contributed by atoms with Crippen LogP contribution in [-0.2, 0) is 49.6 Å². The van der Waals surface area contributed by atoms with Gasteiger partial charge in [0.1, 0.15) is 54.1 Å². The van der Waals surface area contributed by atoms with Gasteiger partial charge in [0.25, 0.3) is 0 Å². The third-order valence-corrected chi connectivity index (χ3v) is 12.7. The molecule has 0 saturated carbocycles. The monoisotopic (exact) mass is 1020 g/mol. The minimum atomic E-state index is -1.54. The number of nitrogens with one attached hydrogen (secondary N) is 7. The van der Waals surface area contributed by atoms with E-state index < -0.39 is 132 Å². The molecular weight excluding hydrogens is 939 g/mol. The number of carbonyl (C=O) groups excluding carboxylic acids is 8. The zero-order valence-corrected chi connectivity index (χ0v) is 44.0. The molecule has 9 atom stereocenters. The maximum atomic E-state index is 14.4. The Kier molecular flexibility index (Phi) is 25.8. The lowest BCUT2D eigenvalue weighted by Crippen LogP contribution is -2.62. The largest absolute Gasteiger partial charge is 0.508 e. The summed E-state index contributed by atoms with van der Waals surface area (Å²) >= 11 is 1.42. The minimum Gasteiger partial charge on any atom is -0.508 e. The van der Waals surface area contributed by atoms with E-state index in [1.54, 1.807) is 53.7 Å². The first-order valence-electron chi connectivity index (χ1n) is 24.5. The van der Waals surface area contributed by atoms with Gasteiger partial charge in [0.05, 0.1) is 12.6 Å². The number of likely N-dealkylation sites (tertiary alicyclic amines) is 1. The minimum absolute atomic E-state index is 0.0333. The molecule has 1 heterocycles. The van der Waals surface area contributed by atoms with Gasteiger partial charge in [0.15, 0.2) is 0 Å². The molecule has 0 bridgehead atoms. The Morgan fingerprint density at radius 1 is 0.634 bits per heavy atom. The number of thioether (sulfide) groups is 1. The van der Waals surface area contributed by atoms with Gasteiger partial charge in [-0.2, -0.15) is 11.8 Å². The van der Waals surface area contributed by atoms with Crippen molar-refractivity contribution in [3.63, 3.8) is 0 Å². The molecule has 0 spiro atoms.